The average Bonchev–Trinajstić information content (AvgIpc) is 3.25. The Bertz CT molecular complexity index is 855. The number of rotatable bonds is 5. The van der Waals surface area contributed by atoms with Crippen LogP contribution < -0.4 is 9.47 Å². The predicted molar refractivity (Wildman–Crippen MR) is 104 cm³/mol. The van der Waals surface area contributed by atoms with Gasteiger partial charge in [0.25, 0.3) is 0 Å². The first kappa shape index (κ1) is 17.9. The average molecular weight is 366 g/mol. The second-order valence-corrected chi connectivity index (χ2v) is 7.70. The lowest BCUT2D eigenvalue weighted by Crippen LogP contribution is -2.09. The Morgan fingerprint density at radius 2 is 2.07 bits per heavy atom. The lowest BCUT2D eigenvalue weighted by atomic mass is 9.94. The van der Waals surface area contributed by atoms with Crippen LogP contribution in [0.25, 0.3) is 0 Å². The molecule has 2 aromatic rings. The molecular weight excluding hydrogens is 340 g/mol. The molecule has 4 rings (SSSR count). The molecule has 4 nitrogen and oxygen atoms in total. The summed E-state index contributed by atoms with van der Waals surface area (Å²) in [5.74, 6) is 2.01. The van der Waals surface area contributed by atoms with E-state index in [0.717, 1.165) is 29.9 Å². The zero-order chi connectivity index (χ0) is 19.0. The van der Waals surface area contributed by atoms with E-state index in [1.54, 1.807) is 0 Å². The van der Waals surface area contributed by atoms with Gasteiger partial charge in [-0.05, 0) is 41.5 Å². The van der Waals surface area contributed by atoms with Crippen LogP contribution in [0.5, 0.6) is 11.5 Å². The van der Waals surface area contributed by atoms with Crippen molar-refractivity contribution in [2.24, 2.45) is 0 Å². The van der Waals surface area contributed by atoms with E-state index in [4.69, 9.17) is 14.2 Å². The van der Waals surface area contributed by atoms with Gasteiger partial charge in [-0.15, -0.1) is 0 Å². The summed E-state index contributed by atoms with van der Waals surface area (Å²) >= 11 is 0. The third-order valence-corrected chi connectivity index (χ3v) is 5.66. The zero-order valence-electron chi connectivity index (χ0n) is 16.2. The summed E-state index contributed by atoms with van der Waals surface area (Å²) in [6.07, 6.45) is 2.50. The molecule has 0 spiro atoms. The quantitative estimate of drug-likeness (QED) is 0.705. The molecule has 0 radical (unpaired) electrons. The lowest BCUT2D eigenvalue weighted by Gasteiger charge is -2.17. The van der Waals surface area contributed by atoms with Gasteiger partial charge in [0.1, 0.15) is 17.6 Å². The second-order valence-electron chi connectivity index (χ2n) is 7.70. The Kier molecular flexibility index (Phi) is 4.81. The van der Waals surface area contributed by atoms with Gasteiger partial charge in [-0.1, -0.05) is 38.1 Å². The first-order valence-electron chi connectivity index (χ1n) is 9.68. The highest BCUT2D eigenvalue weighted by atomic mass is 16.5. The standard InChI is InChI=1S/C23H26O4/c1-14(2)17-5-4-6-20-19(17)9-10-21(20)27-16-7-8-18-15(11-23(24)25-3)13-26-22(18)12-16/h4-8,12,14-15,21H,9-11,13H2,1-3H3/t15-,21-/m1/s1. The van der Waals surface area contributed by atoms with Gasteiger partial charge in [-0.3, -0.25) is 4.79 Å². The Hall–Kier alpha value is -2.49. The molecule has 0 bridgehead atoms. The number of esters is 1. The first-order valence-corrected chi connectivity index (χ1v) is 9.68. The van der Waals surface area contributed by atoms with Crippen molar-refractivity contribution in [1.29, 1.82) is 0 Å². The summed E-state index contributed by atoms with van der Waals surface area (Å²) in [6.45, 7) is 5.00. The molecule has 0 amide bonds. The summed E-state index contributed by atoms with van der Waals surface area (Å²) in [4.78, 5) is 11.6. The SMILES string of the molecule is COC(=O)C[C@@H]1COc2cc(O[C@@H]3CCc4c(C(C)C)cccc43)ccc21. The molecule has 1 heterocycles. The molecule has 0 saturated heterocycles. The minimum atomic E-state index is -0.208. The molecule has 27 heavy (non-hydrogen) atoms. The van der Waals surface area contributed by atoms with Crippen LogP contribution in [-0.4, -0.2) is 19.7 Å². The molecule has 1 aliphatic heterocycles. The Balaban J connectivity index is 1.52. The van der Waals surface area contributed by atoms with E-state index < -0.39 is 0 Å². The number of carbonyl (C=O) groups excluding carboxylic acids is 1. The maximum absolute atomic E-state index is 11.6. The molecule has 2 atom stereocenters. The van der Waals surface area contributed by atoms with Gasteiger partial charge in [-0.25, -0.2) is 0 Å². The molecule has 2 aromatic carbocycles. The molecule has 142 valence electrons. The summed E-state index contributed by atoms with van der Waals surface area (Å²) in [6, 6.07) is 12.5. The van der Waals surface area contributed by atoms with Crippen LogP contribution >= 0.6 is 0 Å². The van der Waals surface area contributed by atoms with Gasteiger partial charge in [0.15, 0.2) is 0 Å². The predicted octanol–water partition coefficient (Wildman–Crippen LogP) is 4.92. The van der Waals surface area contributed by atoms with Gasteiger partial charge < -0.3 is 14.2 Å². The fourth-order valence-electron chi connectivity index (χ4n) is 4.26. The molecule has 0 saturated carbocycles. The van der Waals surface area contributed by atoms with Gasteiger partial charge in [0.2, 0.25) is 0 Å². The van der Waals surface area contributed by atoms with Crippen LogP contribution in [0, 0.1) is 0 Å². The molecule has 0 fully saturated rings. The van der Waals surface area contributed by atoms with E-state index in [9.17, 15) is 4.79 Å². The normalized spacial score (nSPS) is 20.1. The number of hydrogen-bond donors (Lipinski definition) is 0. The fourth-order valence-corrected chi connectivity index (χ4v) is 4.26. The maximum Gasteiger partial charge on any atom is 0.306 e. The third-order valence-electron chi connectivity index (χ3n) is 5.66. The maximum atomic E-state index is 11.6. The minimum absolute atomic E-state index is 0.0577. The van der Waals surface area contributed by atoms with Gasteiger partial charge >= 0.3 is 5.97 Å². The molecular formula is C23H26O4. The lowest BCUT2D eigenvalue weighted by molar-refractivity contribution is -0.141. The monoisotopic (exact) mass is 366 g/mol. The van der Waals surface area contributed by atoms with Gasteiger partial charge in [-0.2, -0.15) is 0 Å². The Morgan fingerprint density at radius 1 is 1.22 bits per heavy atom. The van der Waals surface area contributed by atoms with Gasteiger partial charge in [0, 0.05) is 17.5 Å². The number of benzene rings is 2. The highest BCUT2D eigenvalue weighted by Gasteiger charge is 2.29. The van der Waals surface area contributed by atoms with E-state index in [1.807, 2.05) is 18.2 Å². The number of carbonyl (C=O) groups is 1. The van der Waals surface area contributed by atoms with Crippen LogP contribution in [0.2, 0.25) is 0 Å². The van der Waals surface area contributed by atoms with Crippen molar-refractivity contribution in [3.8, 4) is 11.5 Å². The Labute approximate surface area is 160 Å². The van der Waals surface area contributed by atoms with Crippen molar-refractivity contribution in [2.75, 3.05) is 13.7 Å². The van der Waals surface area contributed by atoms with E-state index in [0.29, 0.717) is 18.9 Å². The number of methoxy groups -OCH3 is 1. The molecule has 2 aliphatic rings. The van der Waals surface area contributed by atoms with Crippen LogP contribution in [-0.2, 0) is 16.0 Å². The fraction of sp³-hybridized carbons (Fsp3) is 0.435. The van der Waals surface area contributed by atoms with Crippen molar-refractivity contribution in [3.63, 3.8) is 0 Å². The third kappa shape index (κ3) is 3.41. The van der Waals surface area contributed by atoms with Crippen LogP contribution in [0.15, 0.2) is 36.4 Å². The molecule has 0 unspecified atom stereocenters. The molecule has 0 N–H and O–H groups in total. The van der Waals surface area contributed by atoms with Crippen molar-refractivity contribution < 1.29 is 19.0 Å². The first-order chi connectivity index (χ1) is 13.1. The molecule has 4 heteroatoms. The topological polar surface area (TPSA) is 44.8 Å². The van der Waals surface area contributed by atoms with Crippen molar-refractivity contribution in [2.45, 2.75) is 51.0 Å². The van der Waals surface area contributed by atoms with E-state index in [2.05, 4.69) is 32.0 Å². The minimum Gasteiger partial charge on any atom is -0.492 e. The Morgan fingerprint density at radius 3 is 2.85 bits per heavy atom. The summed E-state index contributed by atoms with van der Waals surface area (Å²) in [7, 11) is 1.42. The summed E-state index contributed by atoms with van der Waals surface area (Å²) < 4.78 is 16.9. The second kappa shape index (κ2) is 7.26. The van der Waals surface area contributed by atoms with E-state index in [1.165, 1.54) is 23.8 Å². The van der Waals surface area contributed by atoms with E-state index in [-0.39, 0.29) is 18.0 Å². The van der Waals surface area contributed by atoms with Crippen molar-refractivity contribution in [1.82, 2.24) is 0 Å². The van der Waals surface area contributed by atoms with E-state index >= 15 is 0 Å². The van der Waals surface area contributed by atoms with Crippen molar-refractivity contribution in [3.05, 3.63) is 58.7 Å². The van der Waals surface area contributed by atoms with Crippen LogP contribution in [0.4, 0.5) is 0 Å². The van der Waals surface area contributed by atoms with Crippen LogP contribution in [0.3, 0.4) is 0 Å². The molecule has 0 aromatic heterocycles. The largest absolute Gasteiger partial charge is 0.492 e. The van der Waals surface area contributed by atoms with Crippen molar-refractivity contribution >= 4 is 5.97 Å². The zero-order valence-corrected chi connectivity index (χ0v) is 16.2. The molecule has 1 aliphatic carbocycles. The summed E-state index contributed by atoms with van der Waals surface area (Å²) in [5.41, 5.74) is 5.25. The highest BCUT2D eigenvalue weighted by Crippen LogP contribution is 2.42. The smallest absolute Gasteiger partial charge is 0.306 e. The summed E-state index contributed by atoms with van der Waals surface area (Å²) in [5, 5.41) is 0. The highest BCUT2D eigenvalue weighted by molar-refractivity contribution is 5.71. The van der Waals surface area contributed by atoms with Crippen LogP contribution in [0.1, 0.15) is 66.9 Å². The number of ether oxygens (including phenoxy) is 3. The van der Waals surface area contributed by atoms with Gasteiger partial charge in [0.05, 0.1) is 20.1 Å². The number of hydrogen-bond acceptors (Lipinski definition) is 4. The number of fused-ring (bicyclic) bond motifs is 2.